The molecule has 1 aliphatic heterocycles. The highest BCUT2D eigenvalue weighted by Crippen LogP contribution is 2.40. The Kier molecular flexibility index (Phi) is 3.04. The molecule has 3 aromatic rings. The maximum Gasteiger partial charge on any atom is 0.141 e. The lowest BCUT2D eigenvalue weighted by Gasteiger charge is -2.22. The van der Waals surface area contributed by atoms with Crippen molar-refractivity contribution in [3.8, 4) is 11.4 Å². The smallest absolute Gasteiger partial charge is 0.141 e. The van der Waals surface area contributed by atoms with E-state index < -0.39 is 0 Å². The zero-order chi connectivity index (χ0) is 15.2. The van der Waals surface area contributed by atoms with Gasteiger partial charge in [0.15, 0.2) is 0 Å². The molecule has 2 nitrogen and oxygen atoms in total. The molecule has 0 atom stereocenters. The Labute approximate surface area is 137 Å². The highest BCUT2D eigenvalue weighted by molar-refractivity contribution is 5.85. The van der Waals surface area contributed by atoms with Crippen LogP contribution in [0.15, 0.2) is 42.5 Å². The van der Waals surface area contributed by atoms with Crippen LogP contribution in [0.5, 0.6) is 0 Å². The van der Waals surface area contributed by atoms with Gasteiger partial charge in [0, 0.05) is 12.1 Å². The molecule has 116 valence electrons. The third kappa shape index (κ3) is 2.04. The van der Waals surface area contributed by atoms with Crippen LogP contribution in [0.4, 0.5) is 0 Å². The molecule has 5 rings (SSSR count). The molecule has 2 aliphatic rings. The minimum Gasteiger partial charge on any atom is -0.324 e. The van der Waals surface area contributed by atoms with Crippen molar-refractivity contribution in [2.75, 3.05) is 0 Å². The molecule has 2 aromatic carbocycles. The van der Waals surface area contributed by atoms with E-state index >= 15 is 0 Å². The number of rotatable bonds is 2. The third-order valence-electron chi connectivity index (χ3n) is 5.69. The van der Waals surface area contributed by atoms with Gasteiger partial charge in [-0.15, -0.1) is 0 Å². The Bertz CT molecular complexity index is 854. The second-order valence-corrected chi connectivity index (χ2v) is 7.04. The molecule has 23 heavy (non-hydrogen) atoms. The number of hydrogen-bond donors (Lipinski definition) is 0. The predicted molar refractivity (Wildman–Crippen MR) is 94.7 cm³/mol. The first-order valence-corrected chi connectivity index (χ1v) is 8.99. The van der Waals surface area contributed by atoms with Gasteiger partial charge in [-0.05, 0) is 48.8 Å². The number of aromatic nitrogens is 2. The normalized spacial score (nSPS) is 17.9. The summed E-state index contributed by atoms with van der Waals surface area (Å²) in [5.41, 5.74) is 7.05. The first-order valence-electron chi connectivity index (χ1n) is 8.99. The second-order valence-electron chi connectivity index (χ2n) is 7.04. The first kappa shape index (κ1) is 13.4. The van der Waals surface area contributed by atoms with Gasteiger partial charge in [0.05, 0.1) is 11.0 Å². The van der Waals surface area contributed by atoms with E-state index in [1.807, 2.05) is 0 Å². The van der Waals surface area contributed by atoms with Crippen LogP contribution < -0.4 is 0 Å². The molecule has 0 saturated heterocycles. The van der Waals surface area contributed by atoms with Crippen molar-refractivity contribution in [2.24, 2.45) is 0 Å². The van der Waals surface area contributed by atoms with E-state index in [9.17, 15) is 0 Å². The van der Waals surface area contributed by atoms with Gasteiger partial charge in [-0.2, -0.15) is 0 Å². The lowest BCUT2D eigenvalue weighted by molar-refractivity contribution is 0.623. The van der Waals surface area contributed by atoms with Gasteiger partial charge in [-0.3, -0.25) is 0 Å². The van der Waals surface area contributed by atoms with Gasteiger partial charge in [0.25, 0.3) is 0 Å². The molecule has 0 unspecified atom stereocenters. The number of imidazole rings is 1. The Balaban J connectivity index is 1.74. The molecular weight excluding hydrogens is 280 g/mol. The van der Waals surface area contributed by atoms with Crippen LogP contribution in [0, 0.1) is 0 Å². The van der Waals surface area contributed by atoms with E-state index in [4.69, 9.17) is 4.98 Å². The van der Waals surface area contributed by atoms with Gasteiger partial charge in [0.1, 0.15) is 5.82 Å². The predicted octanol–water partition coefficient (Wildman–Crippen LogP) is 5.31. The molecule has 1 saturated carbocycles. The van der Waals surface area contributed by atoms with E-state index in [-0.39, 0.29) is 0 Å². The van der Waals surface area contributed by atoms with E-state index in [1.54, 1.807) is 11.1 Å². The van der Waals surface area contributed by atoms with Crippen molar-refractivity contribution in [2.45, 2.75) is 51.0 Å². The summed E-state index contributed by atoms with van der Waals surface area (Å²) in [7, 11) is 0. The van der Waals surface area contributed by atoms with Gasteiger partial charge in [0.2, 0.25) is 0 Å². The van der Waals surface area contributed by atoms with Crippen molar-refractivity contribution < 1.29 is 0 Å². The molecule has 0 N–H and O–H groups in total. The van der Waals surface area contributed by atoms with Crippen molar-refractivity contribution in [1.29, 1.82) is 0 Å². The third-order valence-corrected chi connectivity index (χ3v) is 5.69. The summed E-state index contributed by atoms with van der Waals surface area (Å²) < 4.78 is 2.47. The maximum absolute atomic E-state index is 4.99. The average molecular weight is 302 g/mol. The van der Waals surface area contributed by atoms with Crippen LogP contribution in [-0.2, 0) is 13.0 Å². The van der Waals surface area contributed by atoms with Crippen LogP contribution in [0.25, 0.3) is 22.4 Å². The summed E-state index contributed by atoms with van der Waals surface area (Å²) in [4.78, 5) is 4.99. The van der Waals surface area contributed by atoms with E-state index in [2.05, 4.69) is 47.0 Å². The largest absolute Gasteiger partial charge is 0.324 e. The Morgan fingerprint density at radius 2 is 1.74 bits per heavy atom. The fraction of sp³-hybridized carbons (Fsp3) is 0.381. The molecule has 0 amide bonds. The topological polar surface area (TPSA) is 17.8 Å². The first-order chi connectivity index (χ1) is 11.4. The fourth-order valence-corrected chi connectivity index (χ4v) is 4.63. The van der Waals surface area contributed by atoms with Gasteiger partial charge < -0.3 is 4.57 Å². The molecule has 0 radical (unpaired) electrons. The molecule has 0 bridgehead atoms. The summed E-state index contributed by atoms with van der Waals surface area (Å²) in [5, 5.41) is 0. The fourth-order valence-electron chi connectivity index (χ4n) is 4.63. The quantitative estimate of drug-likeness (QED) is 0.627. The molecule has 1 aromatic heterocycles. The highest BCUT2D eigenvalue weighted by Gasteiger charge is 2.25. The summed E-state index contributed by atoms with van der Waals surface area (Å²) in [6, 6.07) is 15.3. The lowest BCUT2D eigenvalue weighted by atomic mass is 9.89. The molecule has 0 spiro atoms. The zero-order valence-corrected chi connectivity index (χ0v) is 13.5. The number of aryl methyl sites for hydroxylation is 2. The van der Waals surface area contributed by atoms with Crippen molar-refractivity contribution >= 4 is 11.0 Å². The second kappa shape index (κ2) is 5.23. The summed E-state index contributed by atoms with van der Waals surface area (Å²) >= 11 is 0. The molecular formula is C21H22N2. The molecule has 1 aliphatic carbocycles. The standard InChI is InChI=1S/C21H22N2/c1-2-9-16(10-3-1)21-22-19-13-12-17(15-7-4-5-8-15)18-11-6-14-23(21)20(18)19/h1-3,9-10,12-13,15H,4-8,11,14H2. The summed E-state index contributed by atoms with van der Waals surface area (Å²) in [6.45, 7) is 1.10. The van der Waals surface area contributed by atoms with Crippen molar-refractivity contribution in [3.05, 3.63) is 53.6 Å². The summed E-state index contributed by atoms with van der Waals surface area (Å²) in [6.07, 6.45) is 8.01. The van der Waals surface area contributed by atoms with Crippen molar-refractivity contribution in [3.63, 3.8) is 0 Å². The highest BCUT2D eigenvalue weighted by atomic mass is 15.1. The van der Waals surface area contributed by atoms with Crippen LogP contribution >= 0.6 is 0 Å². The molecule has 2 heterocycles. The lowest BCUT2D eigenvalue weighted by Crippen LogP contribution is -2.12. The van der Waals surface area contributed by atoms with Crippen LogP contribution in [0.1, 0.15) is 49.1 Å². The Hall–Kier alpha value is -2.09. The number of benzene rings is 2. The number of hydrogen-bond acceptors (Lipinski definition) is 1. The van der Waals surface area contributed by atoms with E-state index in [0.717, 1.165) is 18.3 Å². The number of nitrogens with zero attached hydrogens (tertiary/aromatic N) is 2. The summed E-state index contributed by atoms with van der Waals surface area (Å²) in [5.74, 6) is 1.93. The van der Waals surface area contributed by atoms with Crippen molar-refractivity contribution in [1.82, 2.24) is 9.55 Å². The van der Waals surface area contributed by atoms with Gasteiger partial charge >= 0.3 is 0 Å². The van der Waals surface area contributed by atoms with E-state index in [0.29, 0.717) is 0 Å². The molecule has 1 fully saturated rings. The van der Waals surface area contributed by atoms with Crippen LogP contribution in [0.2, 0.25) is 0 Å². The Morgan fingerprint density at radius 3 is 2.57 bits per heavy atom. The minimum atomic E-state index is 0.788. The van der Waals surface area contributed by atoms with Crippen LogP contribution in [-0.4, -0.2) is 9.55 Å². The molecule has 2 heteroatoms. The minimum absolute atomic E-state index is 0.788. The van der Waals surface area contributed by atoms with Gasteiger partial charge in [-0.25, -0.2) is 4.98 Å². The average Bonchev–Trinajstić information content (AvgIpc) is 3.26. The Morgan fingerprint density at radius 1 is 0.913 bits per heavy atom. The zero-order valence-electron chi connectivity index (χ0n) is 13.5. The SMILES string of the molecule is c1ccc(-c2nc3ccc(C4CCCC4)c4c3n2CCC4)cc1. The van der Waals surface area contributed by atoms with E-state index in [1.165, 1.54) is 55.1 Å². The monoisotopic (exact) mass is 302 g/mol. The van der Waals surface area contributed by atoms with Gasteiger partial charge in [-0.1, -0.05) is 49.2 Å². The maximum atomic E-state index is 4.99. The van der Waals surface area contributed by atoms with Crippen LogP contribution in [0.3, 0.4) is 0 Å².